The van der Waals surface area contributed by atoms with Gasteiger partial charge in [-0.2, -0.15) is 5.10 Å². The predicted octanol–water partition coefficient (Wildman–Crippen LogP) is 3.29. The van der Waals surface area contributed by atoms with Gasteiger partial charge in [0.25, 0.3) is 0 Å². The number of carbonyl (C=O) groups is 2. The monoisotopic (exact) mass is 306 g/mol. The van der Waals surface area contributed by atoms with Gasteiger partial charge in [0.1, 0.15) is 5.75 Å². The number of nitrogens with zero attached hydrogens (tertiary/aromatic N) is 2. The molecule has 0 spiro atoms. The van der Waals surface area contributed by atoms with E-state index in [2.05, 4.69) is 5.10 Å². The highest BCUT2D eigenvalue weighted by Gasteiger charge is 2.09. The first-order chi connectivity index (χ1) is 11.1. The largest absolute Gasteiger partial charge is 0.423 e. The highest BCUT2D eigenvalue weighted by molar-refractivity contribution is 5.94. The third-order valence-electron chi connectivity index (χ3n) is 3.34. The summed E-state index contributed by atoms with van der Waals surface area (Å²) in [6.45, 7) is 1.49. The Hall–Kier alpha value is -3.21. The quantitative estimate of drug-likeness (QED) is 0.421. The summed E-state index contributed by atoms with van der Waals surface area (Å²) >= 11 is 0. The van der Waals surface area contributed by atoms with Gasteiger partial charge in [0.05, 0.1) is 11.3 Å². The second-order valence-corrected chi connectivity index (χ2v) is 4.97. The SMILES string of the molecule is CC(=O)c1ccc(OC(=O)c2ccc(-n3cccn3)cc2)cc1. The Balaban J connectivity index is 1.71. The molecule has 0 aliphatic heterocycles. The van der Waals surface area contributed by atoms with Gasteiger partial charge in [0, 0.05) is 18.0 Å². The predicted molar refractivity (Wildman–Crippen MR) is 85.0 cm³/mol. The van der Waals surface area contributed by atoms with E-state index < -0.39 is 5.97 Å². The topological polar surface area (TPSA) is 61.2 Å². The summed E-state index contributed by atoms with van der Waals surface area (Å²) in [5, 5.41) is 4.12. The maximum atomic E-state index is 12.1. The van der Waals surface area contributed by atoms with Crippen LogP contribution in [0.25, 0.3) is 5.69 Å². The van der Waals surface area contributed by atoms with Crippen LogP contribution in [-0.2, 0) is 0 Å². The number of rotatable bonds is 4. The van der Waals surface area contributed by atoms with Gasteiger partial charge in [-0.15, -0.1) is 0 Å². The molecular formula is C18H14N2O3. The van der Waals surface area contributed by atoms with Crippen LogP contribution in [0.2, 0.25) is 0 Å². The van der Waals surface area contributed by atoms with Gasteiger partial charge in [-0.25, -0.2) is 9.48 Å². The fourth-order valence-electron chi connectivity index (χ4n) is 2.10. The molecule has 0 saturated heterocycles. The number of ether oxygens (including phenoxy) is 1. The van der Waals surface area contributed by atoms with Gasteiger partial charge >= 0.3 is 5.97 Å². The Bertz CT molecular complexity index is 820. The first kappa shape index (κ1) is 14.7. The molecule has 0 atom stereocenters. The fraction of sp³-hybridized carbons (Fsp3) is 0.0556. The Morgan fingerprint density at radius 1 is 0.957 bits per heavy atom. The Morgan fingerprint density at radius 3 is 2.17 bits per heavy atom. The van der Waals surface area contributed by atoms with E-state index in [1.54, 1.807) is 59.4 Å². The van der Waals surface area contributed by atoms with Crippen LogP contribution in [0.3, 0.4) is 0 Å². The molecule has 23 heavy (non-hydrogen) atoms. The summed E-state index contributed by atoms with van der Waals surface area (Å²) in [5.74, 6) is -0.0826. The summed E-state index contributed by atoms with van der Waals surface area (Å²) in [5.41, 5.74) is 1.88. The van der Waals surface area contributed by atoms with Crippen LogP contribution in [0, 0.1) is 0 Å². The molecule has 1 heterocycles. The van der Waals surface area contributed by atoms with Crippen molar-refractivity contribution in [3.8, 4) is 11.4 Å². The van der Waals surface area contributed by atoms with Crippen LogP contribution in [-0.4, -0.2) is 21.5 Å². The highest BCUT2D eigenvalue weighted by Crippen LogP contribution is 2.15. The lowest BCUT2D eigenvalue weighted by molar-refractivity contribution is 0.0734. The van der Waals surface area contributed by atoms with Crippen LogP contribution >= 0.6 is 0 Å². The number of hydrogen-bond acceptors (Lipinski definition) is 4. The van der Waals surface area contributed by atoms with Gasteiger partial charge in [0.2, 0.25) is 0 Å². The zero-order chi connectivity index (χ0) is 16.2. The van der Waals surface area contributed by atoms with Gasteiger partial charge < -0.3 is 4.74 Å². The summed E-state index contributed by atoms with van der Waals surface area (Å²) in [6, 6.07) is 15.3. The van der Waals surface area contributed by atoms with Crippen molar-refractivity contribution in [2.24, 2.45) is 0 Å². The summed E-state index contributed by atoms with van der Waals surface area (Å²) in [6.07, 6.45) is 3.51. The van der Waals surface area contributed by atoms with Crippen molar-refractivity contribution in [1.29, 1.82) is 0 Å². The molecule has 1 aromatic heterocycles. The number of benzene rings is 2. The number of Topliss-reactive ketones (excluding diaryl/α,β-unsaturated/α-hetero) is 1. The minimum absolute atomic E-state index is 0.0305. The standard InChI is InChI=1S/C18H14N2O3/c1-13(21)14-5-9-17(10-6-14)23-18(22)15-3-7-16(8-4-15)20-12-2-11-19-20/h2-12H,1H3. The lowest BCUT2D eigenvalue weighted by atomic mass is 10.1. The van der Waals surface area contributed by atoms with E-state index in [4.69, 9.17) is 4.74 Å². The molecule has 0 fully saturated rings. The van der Waals surface area contributed by atoms with E-state index >= 15 is 0 Å². The maximum Gasteiger partial charge on any atom is 0.343 e. The fourth-order valence-corrected chi connectivity index (χ4v) is 2.10. The second kappa shape index (κ2) is 6.27. The van der Waals surface area contributed by atoms with Crippen LogP contribution in [0.1, 0.15) is 27.6 Å². The molecule has 3 rings (SSSR count). The van der Waals surface area contributed by atoms with Crippen LogP contribution in [0.15, 0.2) is 67.0 Å². The molecule has 3 aromatic rings. The number of esters is 1. The van der Waals surface area contributed by atoms with Crippen molar-refractivity contribution >= 4 is 11.8 Å². The van der Waals surface area contributed by atoms with Crippen LogP contribution in [0.4, 0.5) is 0 Å². The normalized spacial score (nSPS) is 10.3. The molecule has 0 unspecified atom stereocenters. The molecule has 0 N–H and O–H groups in total. The summed E-state index contributed by atoms with van der Waals surface area (Å²) in [7, 11) is 0. The van der Waals surface area contributed by atoms with Crippen molar-refractivity contribution in [2.45, 2.75) is 6.92 Å². The van der Waals surface area contributed by atoms with Crippen molar-refractivity contribution in [2.75, 3.05) is 0 Å². The van der Waals surface area contributed by atoms with E-state index in [0.29, 0.717) is 16.9 Å². The number of aromatic nitrogens is 2. The molecule has 0 saturated carbocycles. The number of hydrogen-bond donors (Lipinski definition) is 0. The Kier molecular flexibility index (Phi) is 4.01. The van der Waals surface area contributed by atoms with E-state index in [9.17, 15) is 9.59 Å². The van der Waals surface area contributed by atoms with Gasteiger partial charge in [-0.3, -0.25) is 4.79 Å². The Labute approximate surface area is 133 Å². The van der Waals surface area contributed by atoms with E-state index in [1.807, 2.05) is 12.3 Å². The first-order valence-electron chi connectivity index (χ1n) is 7.07. The maximum absolute atomic E-state index is 12.1. The van der Waals surface area contributed by atoms with Crippen LogP contribution in [0.5, 0.6) is 5.75 Å². The zero-order valence-electron chi connectivity index (χ0n) is 12.5. The minimum atomic E-state index is -0.451. The average Bonchev–Trinajstić information content (AvgIpc) is 3.10. The molecule has 0 radical (unpaired) electrons. The van der Waals surface area contributed by atoms with Crippen molar-refractivity contribution in [3.05, 3.63) is 78.1 Å². The zero-order valence-corrected chi connectivity index (χ0v) is 12.5. The average molecular weight is 306 g/mol. The van der Waals surface area contributed by atoms with E-state index in [1.165, 1.54) is 6.92 Å². The molecule has 5 nitrogen and oxygen atoms in total. The van der Waals surface area contributed by atoms with Crippen molar-refractivity contribution in [1.82, 2.24) is 9.78 Å². The molecule has 0 bridgehead atoms. The van der Waals surface area contributed by atoms with Gasteiger partial charge in [-0.05, 0) is 61.5 Å². The molecular weight excluding hydrogens is 292 g/mol. The van der Waals surface area contributed by atoms with Gasteiger partial charge in [0.15, 0.2) is 5.78 Å². The Morgan fingerprint density at radius 2 is 1.61 bits per heavy atom. The molecule has 0 aliphatic carbocycles. The summed E-state index contributed by atoms with van der Waals surface area (Å²) in [4.78, 5) is 23.3. The molecule has 5 heteroatoms. The minimum Gasteiger partial charge on any atom is -0.423 e. The highest BCUT2D eigenvalue weighted by atomic mass is 16.5. The lowest BCUT2D eigenvalue weighted by Crippen LogP contribution is -2.08. The van der Waals surface area contributed by atoms with Crippen LogP contribution < -0.4 is 4.74 Å². The van der Waals surface area contributed by atoms with Crippen molar-refractivity contribution < 1.29 is 14.3 Å². The van der Waals surface area contributed by atoms with E-state index in [0.717, 1.165) is 5.69 Å². The van der Waals surface area contributed by atoms with Gasteiger partial charge in [-0.1, -0.05) is 0 Å². The molecule has 114 valence electrons. The third kappa shape index (κ3) is 3.35. The van der Waals surface area contributed by atoms with E-state index in [-0.39, 0.29) is 5.78 Å². The second-order valence-electron chi connectivity index (χ2n) is 4.97. The summed E-state index contributed by atoms with van der Waals surface area (Å²) < 4.78 is 7.00. The van der Waals surface area contributed by atoms with Crippen molar-refractivity contribution in [3.63, 3.8) is 0 Å². The number of ketones is 1. The first-order valence-corrected chi connectivity index (χ1v) is 7.07. The third-order valence-corrected chi connectivity index (χ3v) is 3.34. The molecule has 2 aromatic carbocycles. The molecule has 0 aliphatic rings. The smallest absolute Gasteiger partial charge is 0.343 e. The number of carbonyl (C=O) groups excluding carboxylic acids is 2. The molecule has 0 amide bonds. The lowest BCUT2D eigenvalue weighted by Gasteiger charge is -2.06.